The van der Waals surface area contributed by atoms with Crippen molar-refractivity contribution in [1.29, 1.82) is 5.26 Å². The first-order chi connectivity index (χ1) is 12.9. The van der Waals surface area contributed by atoms with Gasteiger partial charge in [-0.15, -0.1) is 9.24 Å². The van der Waals surface area contributed by atoms with Gasteiger partial charge in [0.25, 0.3) is 0 Å². The topological polar surface area (TPSA) is 44.0 Å². The van der Waals surface area contributed by atoms with Crippen LogP contribution in [0, 0.1) is 51.8 Å². The Labute approximate surface area is 169 Å². The maximum absolute atomic E-state index is 10.2. The Morgan fingerprint density at radius 1 is 1.11 bits per heavy atom. The Kier molecular flexibility index (Phi) is 5.68. The highest BCUT2D eigenvalue weighted by molar-refractivity contribution is 7.18. The summed E-state index contributed by atoms with van der Waals surface area (Å²) in [5, 5.41) is 19.6. The molecule has 4 aliphatic carbocycles. The van der Waals surface area contributed by atoms with E-state index in [1.165, 1.54) is 57.8 Å². The van der Waals surface area contributed by atoms with Gasteiger partial charge in [-0.2, -0.15) is 5.26 Å². The zero-order valence-corrected chi connectivity index (χ0v) is 18.7. The van der Waals surface area contributed by atoms with Gasteiger partial charge in [0.15, 0.2) is 0 Å². The molecule has 10 atom stereocenters. The number of nitriles is 1. The predicted octanol–water partition coefficient (Wildman–Crippen LogP) is 5.94. The molecule has 3 heteroatoms. The van der Waals surface area contributed by atoms with Gasteiger partial charge < -0.3 is 5.11 Å². The van der Waals surface area contributed by atoms with Gasteiger partial charge in [-0.3, -0.25) is 0 Å². The fraction of sp³-hybridized carbons (Fsp3) is 0.958. The molecule has 152 valence electrons. The summed E-state index contributed by atoms with van der Waals surface area (Å²) >= 11 is 0. The smallest absolute Gasteiger partial charge is 0.0697 e. The molecule has 4 saturated carbocycles. The van der Waals surface area contributed by atoms with Crippen LogP contribution in [0.15, 0.2) is 0 Å². The Hall–Kier alpha value is -0.120. The lowest BCUT2D eigenvalue weighted by molar-refractivity contribution is -0.132. The number of rotatable bonds is 4. The number of aliphatic hydroxyl groups excluding tert-OH is 1. The molecule has 0 aliphatic heterocycles. The molecule has 0 saturated heterocycles. The minimum Gasteiger partial charge on any atom is -0.393 e. The first-order valence-corrected chi connectivity index (χ1v) is 12.4. The third-order valence-electron chi connectivity index (χ3n) is 9.95. The molecule has 0 aromatic rings. The molecule has 0 radical (unpaired) electrons. The molecular weight excluding hydrogens is 349 g/mol. The van der Waals surface area contributed by atoms with E-state index in [0.29, 0.717) is 10.8 Å². The lowest BCUT2D eigenvalue weighted by Gasteiger charge is -2.61. The van der Waals surface area contributed by atoms with Crippen LogP contribution in [0.2, 0.25) is 0 Å². The van der Waals surface area contributed by atoms with Crippen LogP contribution in [0.5, 0.6) is 0 Å². The van der Waals surface area contributed by atoms with Crippen LogP contribution in [-0.4, -0.2) is 16.9 Å². The lowest BCUT2D eigenvalue weighted by atomic mass is 9.44. The molecule has 0 bridgehead atoms. The Morgan fingerprint density at radius 3 is 2.67 bits per heavy atom. The molecule has 5 unspecified atom stereocenters. The van der Waals surface area contributed by atoms with Gasteiger partial charge in [0.05, 0.1) is 17.8 Å². The standard InChI is InChI=1S/C24H40NOP/c1-3-10-24-12-9-21-20(22(24)7-5-17(24)14-19(27)15-25)6-4-16-13-18(26)8-11-23(16,21)2/h16-22,26H,3-14,27H2,1-2H3/t16-,17+,18+,19?,20?,21?,22?,23-,24+/m0/s1. The largest absolute Gasteiger partial charge is 0.393 e. The number of hydrogen-bond donors (Lipinski definition) is 1. The van der Waals surface area contributed by atoms with Gasteiger partial charge >= 0.3 is 0 Å². The second-order valence-electron chi connectivity index (χ2n) is 10.9. The first kappa shape index (κ1) is 20.2. The molecular formula is C24H40NOP. The zero-order chi connectivity index (χ0) is 19.2. The fourth-order valence-electron chi connectivity index (χ4n) is 8.85. The number of aliphatic hydroxyl groups is 1. The second-order valence-corrected chi connectivity index (χ2v) is 11.7. The van der Waals surface area contributed by atoms with Gasteiger partial charge in [-0.05, 0) is 111 Å². The van der Waals surface area contributed by atoms with Crippen molar-refractivity contribution in [2.75, 3.05) is 0 Å². The van der Waals surface area contributed by atoms with E-state index < -0.39 is 0 Å². The minimum absolute atomic E-state index is 0.0387. The quantitative estimate of drug-likeness (QED) is 0.604. The lowest BCUT2D eigenvalue weighted by Crippen LogP contribution is -2.54. The summed E-state index contributed by atoms with van der Waals surface area (Å²) in [6.07, 6.45) is 15.4. The van der Waals surface area contributed by atoms with E-state index in [1.54, 1.807) is 0 Å². The summed E-state index contributed by atoms with van der Waals surface area (Å²) in [4.78, 5) is 0. The molecule has 27 heavy (non-hydrogen) atoms. The van der Waals surface area contributed by atoms with E-state index in [0.717, 1.165) is 48.9 Å². The summed E-state index contributed by atoms with van der Waals surface area (Å²) in [7, 11) is 2.80. The molecule has 0 aromatic heterocycles. The van der Waals surface area contributed by atoms with Gasteiger partial charge in [-0.25, -0.2) is 0 Å². The van der Waals surface area contributed by atoms with Crippen LogP contribution in [0.25, 0.3) is 0 Å². The zero-order valence-electron chi connectivity index (χ0n) is 17.5. The monoisotopic (exact) mass is 389 g/mol. The predicted molar refractivity (Wildman–Crippen MR) is 114 cm³/mol. The van der Waals surface area contributed by atoms with E-state index in [4.69, 9.17) is 0 Å². The van der Waals surface area contributed by atoms with Crippen molar-refractivity contribution in [3.05, 3.63) is 0 Å². The van der Waals surface area contributed by atoms with Gasteiger partial charge in [0.1, 0.15) is 0 Å². The van der Waals surface area contributed by atoms with Gasteiger partial charge in [-0.1, -0.05) is 20.3 Å². The van der Waals surface area contributed by atoms with Crippen molar-refractivity contribution >= 4 is 9.24 Å². The van der Waals surface area contributed by atoms with Crippen molar-refractivity contribution in [3.63, 3.8) is 0 Å². The van der Waals surface area contributed by atoms with Crippen molar-refractivity contribution in [3.8, 4) is 6.07 Å². The summed E-state index contributed by atoms with van der Waals surface area (Å²) in [6.45, 7) is 4.96. The van der Waals surface area contributed by atoms with Gasteiger partial charge in [0, 0.05) is 0 Å². The van der Waals surface area contributed by atoms with Crippen LogP contribution in [-0.2, 0) is 0 Å². The highest BCUT2D eigenvalue weighted by atomic mass is 31.0. The van der Waals surface area contributed by atoms with Gasteiger partial charge in [0.2, 0.25) is 0 Å². The van der Waals surface area contributed by atoms with E-state index in [2.05, 4.69) is 29.2 Å². The Balaban J connectivity index is 1.59. The summed E-state index contributed by atoms with van der Waals surface area (Å²) in [5.41, 5.74) is 1.14. The van der Waals surface area contributed by atoms with Crippen LogP contribution in [0.4, 0.5) is 0 Å². The van der Waals surface area contributed by atoms with E-state index in [9.17, 15) is 10.4 Å². The maximum Gasteiger partial charge on any atom is 0.0697 e. The van der Waals surface area contributed by atoms with Crippen molar-refractivity contribution in [2.24, 2.45) is 40.4 Å². The average molecular weight is 390 g/mol. The van der Waals surface area contributed by atoms with E-state index >= 15 is 0 Å². The molecule has 4 rings (SSSR count). The summed E-state index contributed by atoms with van der Waals surface area (Å²) < 4.78 is 0. The fourth-order valence-corrected chi connectivity index (χ4v) is 9.18. The summed E-state index contributed by atoms with van der Waals surface area (Å²) in [6, 6.07) is 2.49. The van der Waals surface area contributed by atoms with E-state index in [1.807, 2.05) is 0 Å². The van der Waals surface area contributed by atoms with Crippen LogP contribution in [0.1, 0.15) is 90.9 Å². The van der Waals surface area contributed by atoms with Crippen molar-refractivity contribution in [1.82, 2.24) is 0 Å². The highest BCUT2D eigenvalue weighted by Gasteiger charge is 2.61. The Morgan fingerprint density at radius 2 is 1.93 bits per heavy atom. The number of hydrogen-bond acceptors (Lipinski definition) is 2. The van der Waals surface area contributed by atoms with Crippen LogP contribution < -0.4 is 0 Å². The van der Waals surface area contributed by atoms with Crippen molar-refractivity contribution in [2.45, 2.75) is 103 Å². The molecule has 4 aliphatic rings. The van der Waals surface area contributed by atoms with Crippen LogP contribution in [0.3, 0.4) is 0 Å². The maximum atomic E-state index is 10.2. The molecule has 1 N–H and O–H groups in total. The molecule has 2 nitrogen and oxygen atoms in total. The third-order valence-corrected chi connectivity index (χ3v) is 10.4. The normalized spacial score (nSPS) is 50.2. The second kappa shape index (κ2) is 7.61. The molecule has 0 aromatic carbocycles. The molecule has 0 spiro atoms. The first-order valence-electron chi connectivity index (χ1n) is 11.8. The number of fused-ring (bicyclic) bond motifs is 5. The number of nitrogens with zero attached hydrogens (tertiary/aromatic N) is 1. The third kappa shape index (κ3) is 3.20. The van der Waals surface area contributed by atoms with Crippen LogP contribution >= 0.6 is 9.24 Å². The highest BCUT2D eigenvalue weighted by Crippen LogP contribution is 2.69. The molecule has 4 fully saturated rings. The molecule has 0 heterocycles. The SMILES string of the molecule is CCC[C@]12CCC3C(CC[C@H]4C[C@H](O)CC[C@]34C)C1CC[C@@H]2CC(P)C#N. The average Bonchev–Trinajstić information content (AvgIpc) is 3.01. The Bertz CT molecular complexity index is 587. The summed E-state index contributed by atoms with van der Waals surface area (Å²) in [5.74, 6) is 4.23. The van der Waals surface area contributed by atoms with E-state index in [-0.39, 0.29) is 11.8 Å². The molecule has 0 amide bonds. The van der Waals surface area contributed by atoms with Crippen molar-refractivity contribution < 1.29 is 5.11 Å². The minimum atomic E-state index is -0.0387.